The number of rotatable bonds is 5. The van der Waals surface area contributed by atoms with Crippen molar-refractivity contribution in [3.63, 3.8) is 0 Å². The van der Waals surface area contributed by atoms with Gasteiger partial charge in [-0.25, -0.2) is 0 Å². The van der Waals surface area contributed by atoms with Crippen LogP contribution in [-0.2, 0) is 18.4 Å². The van der Waals surface area contributed by atoms with E-state index in [1.54, 1.807) is 4.68 Å². The van der Waals surface area contributed by atoms with E-state index in [1.165, 1.54) is 0 Å². The summed E-state index contributed by atoms with van der Waals surface area (Å²) in [4.78, 5) is 0. The van der Waals surface area contributed by atoms with Gasteiger partial charge in [-0.15, -0.1) is 0 Å². The van der Waals surface area contributed by atoms with Crippen LogP contribution in [0, 0.1) is 5.92 Å². The number of hydrogen-bond donors (Lipinski definition) is 2. The zero-order valence-electron chi connectivity index (χ0n) is 9.87. The van der Waals surface area contributed by atoms with Crippen LogP contribution < -0.4 is 11.1 Å². The Labute approximate surface area is 90.6 Å². The Balaban J connectivity index is 2.62. The minimum atomic E-state index is 0.472. The number of nitrogens with one attached hydrogen (secondary N) is 1. The van der Waals surface area contributed by atoms with Gasteiger partial charge in [0.15, 0.2) is 0 Å². The highest BCUT2D eigenvalue weighted by Crippen LogP contribution is 2.21. The minimum absolute atomic E-state index is 0.472. The lowest BCUT2D eigenvalue weighted by Gasteiger charge is -2.05. The number of aryl methyl sites for hydroxylation is 1. The van der Waals surface area contributed by atoms with Gasteiger partial charge in [-0.05, 0) is 5.92 Å². The van der Waals surface area contributed by atoms with Gasteiger partial charge >= 0.3 is 0 Å². The fraction of sp³-hybridized carbons (Fsp3) is 0.700. The molecule has 1 rings (SSSR count). The van der Waals surface area contributed by atoms with Crippen LogP contribution in [0.2, 0.25) is 0 Å². The quantitative estimate of drug-likeness (QED) is 0.770. The number of aromatic nitrogens is 2. The molecule has 0 atom stereocenters. The molecule has 0 radical (unpaired) electrons. The fourth-order valence-corrected chi connectivity index (χ4v) is 1.39. The Kier molecular flexibility index (Phi) is 3.96. The van der Waals surface area contributed by atoms with Crippen molar-refractivity contribution in [2.45, 2.75) is 20.5 Å². The van der Waals surface area contributed by atoms with E-state index < -0.39 is 0 Å². The highest BCUT2D eigenvalue weighted by Gasteiger charge is 2.11. The summed E-state index contributed by atoms with van der Waals surface area (Å²) in [6.07, 6.45) is 0. The standard InChI is InChI=1S/C10H20N4O/c1-7(2)5-15-6-8-9(11)10(12-3)14(4)13-8/h7,12H,5-6,11H2,1-4H3. The molecule has 86 valence electrons. The third-order valence-electron chi connectivity index (χ3n) is 2.09. The highest BCUT2D eigenvalue weighted by molar-refractivity contribution is 5.64. The average molecular weight is 212 g/mol. The Morgan fingerprint density at radius 3 is 2.67 bits per heavy atom. The van der Waals surface area contributed by atoms with Crippen LogP contribution in [0.5, 0.6) is 0 Å². The second-order valence-electron chi connectivity index (χ2n) is 3.99. The normalized spacial score (nSPS) is 11.0. The molecule has 1 aromatic rings. The predicted molar refractivity (Wildman–Crippen MR) is 61.7 cm³/mol. The van der Waals surface area contributed by atoms with Crippen LogP contribution in [0.1, 0.15) is 19.5 Å². The maximum absolute atomic E-state index is 5.91. The molecule has 0 unspecified atom stereocenters. The Morgan fingerprint density at radius 2 is 2.20 bits per heavy atom. The van der Waals surface area contributed by atoms with E-state index in [2.05, 4.69) is 24.3 Å². The van der Waals surface area contributed by atoms with E-state index in [9.17, 15) is 0 Å². The monoisotopic (exact) mass is 212 g/mol. The summed E-state index contributed by atoms with van der Waals surface area (Å²) in [7, 11) is 3.68. The van der Waals surface area contributed by atoms with Crippen LogP contribution in [0.25, 0.3) is 0 Å². The summed E-state index contributed by atoms with van der Waals surface area (Å²) in [6, 6.07) is 0. The van der Waals surface area contributed by atoms with Crippen molar-refractivity contribution in [2.24, 2.45) is 13.0 Å². The molecule has 1 aromatic heterocycles. The van der Waals surface area contributed by atoms with E-state index in [1.807, 2.05) is 14.1 Å². The maximum Gasteiger partial charge on any atom is 0.147 e. The van der Waals surface area contributed by atoms with E-state index in [-0.39, 0.29) is 0 Å². The summed E-state index contributed by atoms with van der Waals surface area (Å²) in [5.74, 6) is 1.36. The molecule has 3 N–H and O–H groups in total. The van der Waals surface area contributed by atoms with Gasteiger partial charge in [0.2, 0.25) is 0 Å². The Bertz CT molecular complexity index is 319. The molecule has 0 aliphatic heterocycles. The first-order valence-corrected chi connectivity index (χ1v) is 5.13. The number of nitrogen functional groups attached to an aromatic ring is 1. The van der Waals surface area contributed by atoms with Crippen molar-refractivity contribution in [3.8, 4) is 0 Å². The number of nitrogens with zero attached hydrogens (tertiary/aromatic N) is 2. The summed E-state index contributed by atoms with van der Waals surface area (Å²) in [5.41, 5.74) is 7.37. The predicted octanol–water partition coefficient (Wildman–Crippen LogP) is 1.22. The van der Waals surface area contributed by atoms with Gasteiger partial charge in [0.25, 0.3) is 0 Å². The number of hydrogen-bond acceptors (Lipinski definition) is 4. The molecule has 15 heavy (non-hydrogen) atoms. The van der Waals surface area contributed by atoms with Gasteiger partial charge in [-0.3, -0.25) is 4.68 Å². The van der Waals surface area contributed by atoms with Crippen molar-refractivity contribution in [1.82, 2.24) is 9.78 Å². The molecule has 0 bridgehead atoms. The molecular weight excluding hydrogens is 192 g/mol. The SMILES string of the molecule is CNc1c(N)c(COCC(C)C)nn1C. The van der Waals surface area contributed by atoms with Gasteiger partial charge in [0.05, 0.1) is 6.61 Å². The molecule has 0 aromatic carbocycles. The molecular formula is C10H20N4O. The molecule has 5 heteroatoms. The molecule has 0 fully saturated rings. The van der Waals surface area contributed by atoms with Gasteiger partial charge < -0.3 is 15.8 Å². The van der Waals surface area contributed by atoms with E-state index in [0.29, 0.717) is 18.2 Å². The van der Waals surface area contributed by atoms with Crippen molar-refractivity contribution in [1.29, 1.82) is 0 Å². The maximum atomic E-state index is 5.91. The molecule has 0 saturated heterocycles. The molecule has 0 aliphatic carbocycles. The number of nitrogens with two attached hydrogens (primary N) is 1. The van der Waals surface area contributed by atoms with Gasteiger partial charge in [-0.1, -0.05) is 13.8 Å². The fourth-order valence-electron chi connectivity index (χ4n) is 1.39. The van der Waals surface area contributed by atoms with Gasteiger partial charge in [0.1, 0.15) is 17.2 Å². The first kappa shape index (κ1) is 11.8. The Morgan fingerprint density at radius 1 is 1.53 bits per heavy atom. The average Bonchev–Trinajstić information content (AvgIpc) is 2.41. The van der Waals surface area contributed by atoms with Crippen molar-refractivity contribution in [2.75, 3.05) is 24.7 Å². The molecule has 0 saturated carbocycles. The summed E-state index contributed by atoms with van der Waals surface area (Å²) < 4.78 is 7.22. The lowest BCUT2D eigenvalue weighted by Crippen LogP contribution is -2.04. The second kappa shape index (κ2) is 5.02. The van der Waals surface area contributed by atoms with Crippen LogP contribution >= 0.6 is 0 Å². The van der Waals surface area contributed by atoms with E-state index >= 15 is 0 Å². The molecule has 0 aliphatic rings. The molecule has 1 heterocycles. The minimum Gasteiger partial charge on any atom is -0.394 e. The van der Waals surface area contributed by atoms with Crippen LogP contribution in [0.4, 0.5) is 11.5 Å². The first-order valence-electron chi connectivity index (χ1n) is 5.13. The zero-order valence-corrected chi connectivity index (χ0v) is 9.87. The summed E-state index contributed by atoms with van der Waals surface area (Å²) in [6.45, 7) is 5.42. The lowest BCUT2D eigenvalue weighted by molar-refractivity contribution is 0.0948. The zero-order chi connectivity index (χ0) is 11.4. The van der Waals surface area contributed by atoms with Gasteiger partial charge in [0, 0.05) is 20.7 Å². The second-order valence-corrected chi connectivity index (χ2v) is 3.99. The Hall–Kier alpha value is -1.23. The van der Waals surface area contributed by atoms with Crippen LogP contribution in [0.15, 0.2) is 0 Å². The largest absolute Gasteiger partial charge is 0.394 e. The highest BCUT2D eigenvalue weighted by atomic mass is 16.5. The topological polar surface area (TPSA) is 65.1 Å². The van der Waals surface area contributed by atoms with Crippen LogP contribution in [0.3, 0.4) is 0 Å². The van der Waals surface area contributed by atoms with Crippen molar-refractivity contribution < 1.29 is 4.74 Å². The number of ether oxygens (including phenoxy) is 1. The molecule has 5 nitrogen and oxygen atoms in total. The third kappa shape index (κ3) is 2.86. The molecule has 0 amide bonds. The van der Waals surface area contributed by atoms with Crippen molar-refractivity contribution >= 4 is 11.5 Å². The summed E-state index contributed by atoms with van der Waals surface area (Å²) in [5, 5.41) is 7.29. The van der Waals surface area contributed by atoms with Crippen molar-refractivity contribution in [3.05, 3.63) is 5.69 Å². The lowest BCUT2D eigenvalue weighted by atomic mass is 10.2. The van der Waals surface area contributed by atoms with E-state index in [0.717, 1.165) is 18.1 Å². The summed E-state index contributed by atoms with van der Waals surface area (Å²) >= 11 is 0. The van der Waals surface area contributed by atoms with Gasteiger partial charge in [-0.2, -0.15) is 5.10 Å². The van der Waals surface area contributed by atoms with Crippen LogP contribution in [-0.4, -0.2) is 23.4 Å². The number of anilines is 2. The third-order valence-corrected chi connectivity index (χ3v) is 2.09. The first-order chi connectivity index (χ1) is 7.06. The molecule has 0 spiro atoms. The van der Waals surface area contributed by atoms with E-state index in [4.69, 9.17) is 10.5 Å². The smallest absolute Gasteiger partial charge is 0.147 e.